The largest absolute Gasteiger partial charge is 0.180 e. The summed E-state index contributed by atoms with van der Waals surface area (Å²) in [6, 6.07) is 0. The highest BCUT2D eigenvalue weighted by Crippen LogP contribution is 2.09. The summed E-state index contributed by atoms with van der Waals surface area (Å²) in [5, 5.41) is 0. The number of hydrogen-bond donors (Lipinski definition) is 1. The zero-order valence-electron chi connectivity index (χ0n) is 5.01. The average molecular weight is 126 g/mol. The van der Waals surface area contributed by atoms with Crippen molar-refractivity contribution in [2.75, 3.05) is 5.75 Å². The Morgan fingerprint density at radius 2 is 2.38 bits per heavy atom. The molecule has 0 spiro atoms. The van der Waals surface area contributed by atoms with Crippen LogP contribution in [0.15, 0.2) is 12.7 Å². The molecule has 2 radical (unpaired) electrons. The van der Waals surface area contributed by atoms with Gasteiger partial charge in [0, 0.05) is 0 Å². The highest BCUT2D eigenvalue weighted by Gasteiger charge is 1.94. The van der Waals surface area contributed by atoms with Crippen molar-refractivity contribution in [2.24, 2.45) is 0 Å². The number of allylic oxidation sites excluding steroid dienone is 1. The Morgan fingerprint density at radius 3 is 2.75 bits per heavy atom. The highest BCUT2D eigenvalue weighted by molar-refractivity contribution is 7.80. The van der Waals surface area contributed by atoms with Gasteiger partial charge in [0.15, 0.2) is 0 Å². The van der Waals surface area contributed by atoms with Gasteiger partial charge in [0.2, 0.25) is 0 Å². The maximum absolute atomic E-state index is 5.53. The number of thiol groups is 1. The third-order valence-corrected chi connectivity index (χ3v) is 1.45. The molecule has 1 atom stereocenters. The van der Waals surface area contributed by atoms with E-state index in [1.807, 2.05) is 6.08 Å². The molecule has 0 aromatic rings. The second-order valence-corrected chi connectivity index (χ2v) is 2.17. The molecule has 0 rings (SSSR count). The molecule has 0 aromatic heterocycles. The fourth-order valence-electron chi connectivity index (χ4n) is 0.423. The molecule has 0 aliphatic carbocycles. The van der Waals surface area contributed by atoms with Crippen molar-refractivity contribution in [1.29, 1.82) is 0 Å². The highest BCUT2D eigenvalue weighted by atomic mass is 32.1. The Hall–Kier alpha value is 0.155. The Bertz CT molecular complexity index is 63.5. The molecule has 0 saturated heterocycles. The van der Waals surface area contributed by atoms with Crippen LogP contribution in [0, 0.1) is 0 Å². The van der Waals surface area contributed by atoms with Gasteiger partial charge in [-0.15, -0.1) is 6.58 Å². The van der Waals surface area contributed by atoms with Gasteiger partial charge < -0.3 is 0 Å². The normalized spacial score (nSPS) is 13.1. The first-order chi connectivity index (χ1) is 3.81. The van der Waals surface area contributed by atoms with Crippen molar-refractivity contribution in [3.05, 3.63) is 12.7 Å². The minimum Gasteiger partial charge on any atom is -0.180 e. The molecule has 0 aliphatic rings. The Balaban J connectivity index is 2.97. The van der Waals surface area contributed by atoms with E-state index in [0.717, 1.165) is 18.6 Å². The van der Waals surface area contributed by atoms with Crippen molar-refractivity contribution in [2.45, 2.75) is 18.7 Å². The first-order valence-electron chi connectivity index (χ1n) is 2.78. The molecule has 0 heterocycles. The van der Waals surface area contributed by atoms with Gasteiger partial charge in [-0.05, 0) is 12.2 Å². The molecule has 0 amide bonds. The van der Waals surface area contributed by atoms with Gasteiger partial charge in [-0.25, -0.2) is 0 Å². The fourth-order valence-corrected chi connectivity index (χ4v) is 0.606. The van der Waals surface area contributed by atoms with Crippen molar-refractivity contribution in [3.8, 4) is 0 Å². The van der Waals surface area contributed by atoms with Gasteiger partial charge in [-0.2, -0.15) is 12.6 Å². The van der Waals surface area contributed by atoms with E-state index in [4.69, 9.17) is 7.85 Å². The molecule has 0 N–H and O–H groups in total. The summed E-state index contributed by atoms with van der Waals surface area (Å²) in [4.78, 5) is 0. The van der Waals surface area contributed by atoms with Crippen LogP contribution < -0.4 is 0 Å². The number of hydrogen-bond acceptors (Lipinski definition) is 1. The summed E-state index contributed by atoms with van der Waals surface area (Å²) < 4.78 is 0. The lowest BCUT2D eigenvalue weighted by Crippen LogP contribution is -1.91. The standard InChI is InChI=1S/C6H11BS/c1-2-3-4-6(7)5-8/h2,6,8H,1,3-5H2. The van der Waals surface area contributed by atoms with Crippen LogP contribution in [0.3, 0.4) is 0 Å². The van der Waals surface area contributed by atoms with E-state index in [0.29, 0.717) is 0 Å². The van der Waals surface area contributed by atoms with Gasteiger partial charge >= 0.3 is 0 Å². The van der Waals surface area contributed by atoms with E-state index in [1.54, 1.807) is 0 Å². The monoisotopic (exact) mass is 126 g/mol. The molecule has 1 unspecified atom stereocenters. The lowest BCUT2D eigenvalue weighted by atomic mass is 9.85. The molecular formula is C6H11BS. The topological polar surface area (TPSA) is 0 Å². The van der Waals surface area contributed by atoms with Gasteiger partial charge in [0.25, 0.3) is 0 Å². The van der Waals surface area contributed by atoms with Gasteiger partial charge in [-0.3, -0.25) is 0 Å². The lowest BCUT2D eigenvalue weighted by Gasteiger charge is -2.02. The second-order valence-electron chi connectivity index (χ2n) is 1.81. The van der Waals surface area contributed by atoms with Crippen LogP contribution >= 0.6 is 12.6 Å². The van der Waals surface area contributed by atoms with Crippen LogP contribution in [0.25, 0.3) is 0 Å². The zero-order valence-corrected chi connectivity index (χ0v) is 5.90. The Morgan fingerprint density at radius 1 is 1.75 bits per heavy atom. The minimum absolute atomic E-state index is 0.247. The molecule has 44 valence electrons. The Labute approximate surface area is 58.2 Å². The van der Waals surface area contributed by atoms with E-state index < -0.39 is 0 Å². The first kappa shape index (κ1) is 8.15. The SMILES string of the molecule is [B]C(CS)CCC=C. The van der Waals surface area contributed by atoms with E-state index >= 15 is 0 Å². The third-order valence-electron chi connectivity index (χ3n) is 0.976. The predicted molar refractivity (Wildman–Crippen MR) is 42.8 cm³/mol. The summed E-state index contributed by atoms with van der Waals surface area (Å²) in [5.41, 5.74) is 0. The van der Waals surface area contributed by atoms with E-state index in [-0.39, 0.29) is 5.82 Å². The van der Waals surface area contributed by atoms with Crippen LogP contribution in [-0.4, -0.2) is 13.6 Å². The maximum Gasteiger partial charge on any atom is 0.0710 e. The quantitative estimate of drug-likeness (QED) is 0.331. The third kappa shape index (κ3) is 4.32. The van der Waals surface area contributed by atoms with Crippen LogP contribution in [0.5, 0.6) is 0 Å². The minimum atomic E-state index is 0.247. The zero-order chi connectivity index (χ0) is 6.41. The molecule has 0 nitrogen and oxygen atoms in total. The molecule has 0 saturated carbocycles. The Kier molecular flexibility index (Phi) is 5.40. The molecule has 2 heteroatoms. The predicted octanol–water partition coefficient (Wildman–Crippen LogP) is 1.84. The van der Waals surface area contributed by atoms with E-state index in [1.165, 1.54) is 0 Å². The second kappa shape index (κ2) is 5.29. The van der Waals surface area contributed by atoms with Crippen LogP contribution in [0.4, 0.5) is 0 Å². The van der Waals surface area contributed by atoms with Crippen LogP contribution in [0.1, 0.15) is 12.8 Å². The average Bonchev–Trinajstić information content (AvgIpc) is 1.83. The summed E-state index contributed by atoms with van der Waals surface area (Å²) in [5.74, 6) is 1.02. The van der Waals surface area contributed by atoms with Crippen molar-refractivity contribution in [3.63, 3.8) is 0 Å². The van der Waals surface area contributed by atoms with Crippen molar-refractivity contribution in [1.82, 2.24) is 0 Å². The van der Waals surface area contributed by atoms with Crippen molar-refractivity contribution < 1.29 is 0 Å². The molecule has 0 bridgehead atoms. The summed E-state index contributed by atoms with van der Waals surface area (Å²) >= 11 is 4.03. The fraction of sp³-hybridized carbons (Fsp3) is 0.667. The molecule has 8 heavy (non-hydrogen) atoms. The van der Waals surface area contributed by atoms with Gasteiger partial charge in [0.05, 0.1) is 7.85 Å². The summed E-state index contributed by atoms with van der Waals surface area (Å²) in [7, 11) is 5.53. The van der Waals surface area contributed by atoms with Gasteiger partial charge in [0.1, 0.15) is 0 Å². The van der Waals surface area contributed by atoms with Crippen molar-refractivity contribution >= 4 is 20.5 Å². The van der Waals surface area contributed by atoms with Crippen LogP contribution in [0.2, 0.25) is 5.82 Å². The first-order valence-corrected chi connectivity index (χ1v) is 3.42. The molecular weight excluding hydrogens is 115 g/mol. The van der Waals surface area contributed by atoms with E-state index in [9.17, 15) is 0 Å². The maximum atomic E-state index is 5.53. The van der Waals surface area contributed by atoms with Gasteiger partial charge in [-0.1, -0.05) is 18.3 Å². The van der Waals surface area contributed by atoms with Crippen LogP contribution in [-0.2, 0) is 0 Å². The summed E-state index contributed by atoms with van der Waals surface area (Å²) in [6.45, 7) is 3.59. The van der Waals surface area contributed by atoms with E-state index in [2.05, 4.69) is 19.2 Å². The number of rotatable bonds is 4. The smallest absolute Gasteiger partial charge is 0.0710 e. The summed E-state index contributed by atoms with van der Waals surface area (Å²) in [6.07, 6.45) is 3.89. The molecule has 0 aromatic carbocycles. The molecule has 0 aliphatic heterocycles. The molecule has 0 fully saturated rings. The lowest BCUT2D eigenvalue weighted by molar-refractivity contribution is 0.822.